The molecule has 3 amide bonds. The van der Waals surface area contributed by atoms with Crippen LogP contribution in [0.1, 0.15) is 54.8 Å². The van der Waals surface area contributed by atoms with Crippen LogP contribution in [0.5, 0.6) is 0 Å². The Kier molecular flexibility index (Phi) is 7.11. The Morgan fingerprint density at radius 2 is 1.59 bits per heavy atom. The lowest BCUT2D eigenvalue weighted by Crippen LogP contribution is -2.31. The molecule has 0 spiro atoms. The Morgan fingerprint density at radius 1 is 0.938 bits per heavy atom. The van der Waals surface area contributed by atoms with Crippen LogP contribution in [0.25, 0.3) is 0 Å². The number of esters is 1. The number of fused-ring (bicyclic) bond motifs is 1. The summed E-state index contributed by atoms with van der Waals surface area (Å²) in [5, 5.41) is 2.56. The normalized spacial score (nSPS) is 12.5. The van der Waals surface area contributed by atoms with Gasteiger partial charge in [0, 0.05) is 31.5 Å². The largest absolute Gasteiger partial charge is 0.452 e. The maximum Gasteiger partial charge on any atom is 0.338 e. The second-order valence-electron chi connectivity index (χ2n) is 7.13. The van der Waals surface area contributed by atoms with E-state index in [-0.39, 0.29) is 29.0 Å². The zero-order chi connectivity index (χ0) is 23.3. The minimum absolute atomic E-state index is 0.0576. The Morgan fingerprint density at radius 3 is 2.25 bits per heavy atom. The van der Waals surface area contributed by atoms with E-state index in [1.165, 1.54) is 32.2 Å². The van der Waals surface area contributed by atoms with Crippen molar-refractivity contribution < 1.29 is 33.4 Å². The van der Waals surface area contributed by atoms with Crippen molar-refractivity contribution in [1.29, 1.82) is 0 Å². The molecular weight excluding hydrogens is 416 g/mol. The first-order valence-electron chi connectivity index (χ1n) is 9.89. The van der Waals surface area contributed by atoms with E-state index in [0.717, 1.165) is 4.90 Å². The van der Waals surface area contributed by atoms with E-state index in [9.17, 15) is 24.0 Å². The fraction of sp³-hybridized carbons (Fsp3) is 0.261. The summed E-state index contributed by atoms with van der Waals surface area (Å²) in [4.78, 5) is 61.7. The van der Waals surface area contributed by atoms with Gasteiger partial charge in [0.2, 0.25) is 0 Å². The molecule has 0 fully saturated rings. The van der Waals surface area contributed by atoms with Crippen LogP contribution < -0.4 is 5.32 Å². The highest BCUT2D eigenvalue weighted by molar-refractivity contribution is 6.22. The highest BCUT2D eigenvalue weighted by Crippen LogP contribution is 2.24. The number of hydrogen-bond acceptors (Lipinski definition) is 7. The fourth-order valence-corrected chi connectivity index (χ4v) is 3.19. The number of ether oxygens (including phenoxy) is 2. The van der Waals surface area contributed by atoms with E-state index < -0.39 is 30.3 Å². The average Bonchev–Trinajstić information content (AvgIpc) is 3.02. The lowest BCUT2D eigenvalue weighted by atomic mass is 10.1. The smallest absolute Gasteiger partial charge is 0.338 e. The molecule has 0 atom stereocenters. The minimum Gasteiger partial charge on any atom is -0.452 e. The third-order valence-electron chi connectivity index (χ3n) is 4.85. The third-order valence-corrected chi connectivity index (χ3v) is 4.85. The monoisotopic (exact) mass is 438 g/mol. The van der Waals surface area contributed by atoms with Gasteiger partial charge in [-0.25, -0.2) is 4.79 Å². The first kappa shape index (κ1) is 22.8. The Bertz CT molecular complexity index is 1080. The van der Waals surface area contributed by atoms with E-state index in [4.69, 9.17) is 9.47 Å². The summed E-state index contributed by atoms with van der Waals surface area (Å²) in [6.07, 6.45) is 0.503. The molecule has 1 aliphatic heterocycles. The van der Waals surface area contributed by atoms with Crippen LogP contribution in [0.2, 0.25) is 0 Å². The summed E-state index contributed by atoms with van der Waals surface area (Å²) in [5.74, 6) is -2.36. The number of rotatable bonds is 9. The minimum atomic E-state index is -0.798. The van der Waals surface area contributed by atoms with E-state index in [1.807, 2.05) is 0 Å². The number of amides is 3. The second kappa shape index (κ2) is 9.97. The van der Waals surface area contributed by atoms with E-state index in [1.54, 1.807) is 24.3 Å². The maximum atomic E-state index is 12.5. The molecule has 32 heavy (non-hydrogen) atoms. The molecule has 1 heterocycles. The van der Waals surface area contributed by atoms with E-state index >= 15 is 0 Å². The van der Waals surface area contributed by atoms with Crippen LogP contribution in [0.3, 0.4) is 0 Å². The van der Waals surface area contributed by atoms with E-state index in [2.05, 4.69) is 5.32 Å². The van der Waals surface area contributed by atoms with Gasteiger partial charge < -0.3 is 14.8 Å². The second-order valence-corrected chi connectivity index (χ2v) is 7.13. The number of carbonyl (C=O) groups is 5. The van der Waals surface area contributed by atoms with Gasteiger partial charge in [-0.15, -0.1) is 0 Å². The van der Waals surface area contributed by atoms with Gasteiger partial charge in [-0.1, -0.05) is 0 Å². The molecule has 0 saturated carbocycles. The number of carbonyl (C=O) groups excluding carboxylic acids is 5. The van der Waals surface area contributed by atoms with Crippen LogP contribution >= 0.6 is 0 Å². The number of Topliss-reactive ketones (excluding diaryl/α,β-unsaturated/α-hetero) is 1. The van der Waals surface area contributed by atoms with Crippen LogP contribution in [0.4, 0.5) is 5.69 Å². The van der Waals surface area contributed by atoms with Crippen molar-refractivity contribution >= 4 is 35.2 Å². The van der Waals surface area contributed by atoms with Crippen molar-refractivity contribution in [1.82, 2.24) is 4.90 Å². The zero-order valence-corrected chi connectivity index (χ0v) is 17.7. The lowest BCUT2D eigenvalue weighted by molar-refractivity contribution is -0.119. The van der Waals surface area contributed by atoms with Crippen molar-refractivity contribution in [2.24, 2.45) is 0 Å². The number of benzene rings is 2. The molecule has 0 aliphatic carbocycles. The first-order valence-corrected chi connectivity index (χ1v) is 9.89. The molecule has 1 aliphatic rings. The summed E-state index contributed by atoms with van der Waals surface area (Å²) >= 11 is 0. The third kappa shape index (κ3) is 5.06. The highest BCUT2D eigenvalue weighted by atomic mass is 16.5. The van der Waals surface area contributed by atoms with Crippen LogP contribution in [-0.4, -0.2) is 61.2 Å². The standard InChI is InChI=1S/C23H22N2O7/c1-14(26)15-4-7-17(8-5-15)24-20(27)13-32-23(30)16-6-9-18-19(12-16)22(29)25(21(18)28)10-3-11-31-2/h4-9,12H,3,10-11,13H2,1-2H3,(H,24,27). The Balaban J connectivity index is 1.58. The number of ketones is 1. The topological polar surface area (TPSA) is 119 Å². The molecule has 9 heteroatoms. The van der Waals surface area contributed by atoms with Gasteiger partial charge in [-0.3, -0.25) is 24.1 Å². The fourth-order valence-electron chi connectivity index (χ4n) is 3.19. The zero-order valence-electron chi connectivity index (χ0n) is 17.7. The molecule has 0 radical (unpaired) electrons. The molecule has 9 nitrogen and oxygen atoms in total. The molecular formula is C23H22N2O7. The van der Waals surface area contributed by atoms with Crippen LogP contribution in [0.15, 0.2) is 42.5 Å². The molecule has 0 unspecified atom stereocenters. The van der Waals surface area contributed by atoms with Gasteiger partial charge in [0.15, 0.2) is 12.4 Å². The number of nitrogens with zero attached hydrogens (tertiary/aromatic N) is 1. The number of imide groups is 1. The van der Waals surface area contributed by atoms with Crippen molar-refractivity contribution in [3.8, 4) is 0 Å². The van der Waals surface area contributed by atoms with Gasteiger partial charge in [0.05, 0.1) is 16.7 Å². The quantitative estimate of drug-likeness (QED) is 0.276. The van der Waals surface area contributed by atoms with Gasteiger partial charge in [0.25, 0.3) is 17.7 Å². The molecule has 2 aromatic carbocycles. The predicted octanol–water partition coefficient (Wildman–Crippen LogP) is 2.32. The molecule has 0 bridgehead atoms. The number of methoxy groups -OCH3 is 1. The molecule has 1 N–H and O–H groups in total. The summed E-state index contributed by atoms with van der Waals surface area (Å²) in [6, 6.07) is 10.4. The number of hydrogen-bond donors (Lipinski definition) is 1. The number of anilines is 1. The van der Waals surface area contributed by atoms with Gasteiger partial charge in [0.1, 0.15) is 0 Å². The molecule has 0 aromatic heterocycles. The van der Waals surface area contributed by atoms with Crippen LogP contribution in [0, 0.1) is 0 Å². The predicted molar refractivity (Wildman–Crippen MR) is 114 cm³/mol. The summed E-state index contributed by atoms with van der Waals surface area (Å²) in [7, 11) is 1.53. The number of nitrogens with one attached hydrogen (secondary N) is 1. The Labute approximate surface area is 184 Å². The Hall–Kier alpha value is -3.85. The molecule has 2 aromatic rings. The van der Waals surface area contributed by atoms with Crippen molar-refractivity contribution in [2.45, 2.75) is 13.3 Å². The highest BCUT2D eigenvalue weighted by Gasteiger charge is 2.35. The van der Waals surface area contributed by atoms with Crippen molar-refractivity contribution in [3.63, 3.8) is 0 Å². The summed E-state index contributed by atoms with van der Waals surface area (Å²) < 4.78 is 9.96. The first-order chi connectivity index (χ1) is 15.3. The average molecular weight is 438 g/mol. The molecule has 3 rings (SSSR count). The van der Waals surface area contributed by atoms with Gasteiger partial charge >= 0.3 is 5.97 Å². The molecule has 166 valence electrons. The lowest BCUT2D eigenvalue weighted by Gasteiger charge is -2.12. The SMILES string of the molecule is COCCCN1C(=O)c2ccc(C(=O)OCC(=O)Nc3ccc(C(C)=O)cc3)cc2C1=O. The summed E-state index contributed by atoms with van der Waals surface area (Å²) in [6.45, 7) is 1.52. The van der Waals surface area contributed by atoms with Crippen LogP contribution in [-0.2, 0) is 14.3 Å². The van der Waals surface area contributed by atoms with Gasteiger partial charge in [-0.05, 0) is 55.8 Å². The van der Waals surface area contributed by atoms with E-state index in [0.29, 0.717) is 24.3 Å². The van der Waals surface area contributed by atoms with Crippen molar-refractivity contribution in [3.05, 3.63) is 64.7 Å². The van der Waals surface area contributed by atoms with Crippen molar-refractivity contribution in [2.75, 3.05) is 32.2 Å². The summed E-state index contributed by atoms with van der Waals surface area (Å²) in [5.41, 5.74) is 1.36. The molecule has 0 saturated heterocycles. The van der Waals surface area contributed by atoms with Gasteiger partial charge in [-0.2, -0.15) is 0 Å². The maximum absolute atomic E-state index is 12.5.